The third-order valence-corrected chi connectivity index (χ3v) is 3.82. The molecule has 1 N–H and O–H groups in total. The summed E-state index contributed by atoms with van der Waals surface area (Å²) >= 11 is 0. The van der Waals surface area contributed by atoms with Crippen molar-refractivity contribution in [2.24, 2.45) is 0 Å². The van der Waals surface area contributed by atoms with Gasteiger partial charge in [0.1, 0.15) is 0 Å². The predicted octanol–water partition coefficient (Wildman–Crippen LogP) is 1.17. The average molecular weight is 264 g/mol. The topological polar surface area (TPSA) is 80.7 Å². The molecule has 0 aromatic heterocycles. The highest BCUT2D eigenvalue weighted by Crippen LogP contribution is 2.16. The molecule has 7 heteroatoms. The van der Waals surface area contributed by atoms with Crippen LogP contribution in [0.5, 0.6) is 0 Å². The molecule has 0 spiro atoms. The minimum atomic E-state index is -3.81. The van der Waals surface area contributed by atoms with Gasteiger partial charge in [0.05, 0.1) is 11.5 Å². The van der Waals surface area contributed by atoms with Crippen LogP contribution in [0, 0.1) is 6.92 Å². The predicted molar refractivity (Wildman–Crippen MR) is 60.4 cm³/mol. The largest absolute Gasteiger partial charge is 0.346 e. The van der Waals surface area contributed by atoms with Gasteiger partial charge < -0.3 is 4.89 Å². The fraction of sp³-hybridized carbons (Fsp3) is 0.333. The van der Waals surface area contributed by atoms with Crippen molar-refractivity contribution in [2.75, 3.05) is 12.8 Å². The van der Waals surface area contributed by atoms with Crippen molar-refractivity contribution in [2.45, 2.75) is 11.8 Å². The summed E-state index contributed by atoms with van der Waals surface area (Å²) in [4.78, 5) is 8.58. The Morgan fingerprint density at radius 1 is 1.31 bits per heavy atom. The first-order chi connectivity index (χ1) is 7.42. The molecule has 1 unspecified atom stereocenters. The lowest BCUT2D eigenvalue weighted by atomic mass is 10.2. The Bertz CT molecular complexity index is 465. The SMILES string of the molecule is Cc1ccc(S(=O)(=O)OCC[PH](=O)O)cc1. The molecule has 1 atom stereocenters. The molecule has 0 aliphatic carbocycles. The average Bonchev–Trinajstić information content (AvgIpc) is 2.17. The fourth-order valence-electron chi connectivity index (χ4n) is 1.01. The van der Waals surface area contributed by atoms with Gasteiger partial charge in [-0.25, -0.2) is 0 Å². The quantitative estimate of drug-likeness (QED) is 0.637. The maximum atomic E-state index is 11.5. The van der Waals surface area contributed by atoms with Gasteiger partial charge in [-0.1, -0.05) is 17.7 Å². The highest BCUT2D eigenvalue weighted by molar-refractivity contribution is 7.86. The zero-order valence-electron chi connectivity index (χ0n) is 8.71. The van der Waals surface area contributed by atoms with E-state index in [1.807, 2.05) is 6.92 Å². The van der Waals surface area contributed by atoms with E-state index >= 15 is 0 Å². The van der Waals surface area contributed by atoms with Crippen molar-refractivity contribution in [3.05, 3.63) is 29.8 Å². The summed E-state index contributed by atoms with van der Waals surface area (Å²) in [6.07, 6.45) is -0.157. The first kappa shape index (κ1) is 13.4. The molecule has 1 rings (SSSR count). The molecular weight excluding hydrogens is 251 g/mol. The first-order valence-corrected chi connectivity index (χ1v) is 7.57. The second-order valence-corrected chi connectivity index (χ2v) is 6.14. The van der Waals surface area contributed by atoms with E-state index in [4.69, 9.17) is 4.89 Å². The molecule has 0 amide bonds. The maximum Gasteiger partial charge on any atom is 0.296 e. The van der Waals surface area contributed by atoms with Crippen molar-refractivity contribution in [3.8, 4) is 0 Å². The molecule has 1 aromatic carbocycles. The van der Waals surface area contributed by atoms with Gasteiger partial charge in [-0.05, 0) is 19.1 Å². The minimum absolute atomic E-state index is 0.0516. The van der Waals surface area contributed by atoms with Gasteiger partial charge >= 0.3 is 0 Å². The van der Waals surface area contributed by atoms with Crippen LogP contribution in [-0.2, 0) is 18.9 Å². The first-order valence-electron chi connectivity index (χ1n) is 4.60. The normalized spacial score (nSPS) is 13.6. The number of hydrogen-bond acceptors (Lipinski definition) is 4. The van der Waals surface area contributed by atoms with Gasteiger partial charge in [0.15, 0.2) is 8.03 Å². The summed E-state index contributed by atoms with van der Waals surface area (Å²) in [6, 6.07) is 6.19. The summed E-state index contributed by atoms with van der Waals surface area (Å²) < 4.78 is 38.0. The summed E-state index contributed by atoms with van der Waals surface area (Å²) in [6.45, 7) is 1.57. The third-order valence-electron chi connectivity index (χ3n) is 1.86. The zero-order chi connectivity index (χ0) is 12.2. The lowest BCUT2D eigenvalue weighted by Gasteiger charge is -2.04. The molecule has 0 saturated heterocycles. The van der Waals surface area contributed by atoms with Gasteiger partial charge in [0.2, 0.25) is 0 Å². The summed E-state index contributed by atoms with van der Waals surface area (Å²) in [5.41, 5.74) is 0.944. The van der Waals surface area contributed by atoms with E-state index in [1.54, 1.807) is 12.1 Å². The van der Waals surface area contributed by atoms with E-state index in [0.29, 0.717) is 0 Å². The van der Waals surface area contributed by atoms with Gasteiger partial charge in [-0.2, -0.15) is 8.42 Å². The van der Waals surface area contributed by atoms with E-state index < -0.39 is 18.1 Å². The Morgan fingerprint density at radius 2 is 1.88 bits per heavy atom. The van der Waals surface area contributed by atoms with E-state index in [0.717, 1.165) is 5.56 Å². The number of rotatable bonds is 5. The van der Waals surface area contributed by atoms with Crippen LogP contribution in [0.4, 0.5) is 0 Å². The van der Waals surface area contributed by atoms with Gasteiger partial charge in [-0.3, -0.25) is 8.75 Å². The van der Waals surface area contributed by atoms with Crippen molar-refractivity contribution < 1.29 is 22.1 Å². The minimum Gasteiger partial charge on any atom is -0.346 e. The summed E-state index contributed by atoms with van der Waals surface area (Å²) in [5, 5.41) is 0. The monoisotopic (exact) mass is 264 g/mol. The third kappa shape index (κ3) is 4.06. The van der Waals surface area contributed by atoms with Gasteiger partial charge in [-0.15, -0.1) is 0 Å². The highest BCUT2D eigenvalue weighted by Gasteiger charge is 2.14. The van der Waals surface area contributed by atoms with Crippen LogP contribution in [0.2, 0.25) is 0 Å². The Morgan fingerprint density at radius 3 is 2.38 bits per heavy atom. The molecule has 16 heavy (non-hydrogen) atoms. The van der Waals surface area contributed by atoms with Crippen molar-refractivity contribution in [3.63, 3.8) is 0 Å². The smallest absolute Gasteiger partial charge is 0.296 e. The van der Waals surface area contributed by atoms with E-state index in [9.17, 15) is 13.0 Å². The molecule has 0 fully saturated rings. The lowest BCUT2D eigenvalue weighted by Crippen LogP contribution is -2.08. The van der Waals surface area contributed by atoms with Crippen LogP contribution in [0.25, 0.3) is 0 Å². The Labute approximate surface area is 95.1 Å². The summed E-state index contributed by atoms with van der Waals surface area (Å²) in [5.74, 6) is 0. The van der Waals surface area contributed by atoms with Crippen molar-refractivity contribution in [1.82, 2.24) is 0 Å². The molecule has 5 nitrogen and oxygen atoms in total. The maximum absolute atomic E-state index is 11.5. The molecule has 0 aliphatic heterocycles. The van der Waals surface area contributed by atoms with E-state index in [-0.39, 0.29) is 17.7 Å². The number of hydrogen-bond donors (Lipinski definition) is 1. The van der Waals surface area contributed by atoms with E-state index in [2.05, 4.69) is 4.18 Å². The number of aryl methyl sites for hydroxylation is 1. The number of benzene rings is 1. The lowest BCUT2D eigenvalue weighted by molar-refractivity contribution is 0.336. The molecule has 0 radical (unpaired) electrons. The van der Waals surface area contributed by atoms with Crippen LogP contribution in [0.3, 0.4) is 0 Å². The molecular formula is C9H13O5PS. The molecule has 0 saturated carbocycles. The van der Waals surface area contributed by atoms with Crippen LogP contribution >= 0.6 is 8.03 Å². The van der Waals surface area contributed by atoms with Crippen LogP contribution < -0.4 is 0 Å². The van der Waals surface area contributed by atoms with Crippen LogP contribution in [0.15, 0.2) is 29.2 Å². The molecule has 90 valence electrons. The second-order valence-electron chi connectivity index (χ2n) is 3.23. The van der Waals surface area contributed by atoms with Gasteiger partial charge in [0.25, 0.3) is 10.1 Å². The summed E-state index contributed by atoms with van der Waals surface area (Å²) in [7, 11) is -6.49. The molecule has 0 bridgehead atoms. The Hall–Kier alpha value is -0.680. The molecule has 0 heterocycles. The standard InChI is InChI=1S/C9H13O5PS/c1-8-2-4-9(5-3-8)16(12,13)14-6-7-15(10)11/h2-5,15H,6-7H2,1H3,(H,10,11). The second kappa shape index (κ2) is 5.59. The molecule has 1 aromatic rings. The Balaban J connectivity index is 2.71. The Kier molecular flexibility index (Phi) is 4.68. The van der Waals surface area contributed by atoms with Crippen LogP contribution in [0.1, 0.15) is 5.56 Å². The highest BCUT2D eigenvalue weighted by atomic mass is 32.2. The molecule has 0 aliphatic rings. The fourth-order valence-corrected chi connectivity index (χ4v) is 2.34. The zero-order valence-corrected chi connectivity index (χ0v) is 10.5. The van der Waals surface area contributed by atoms with Gasteiger partial charge in [0, 0.05) is 6.16 Å². The van der Waals surface area contributed by atoms with E-state index in [1.165, 1.54) is 12.1 Å². The van der Waals surface area contributed by atoms with Crippen LogP contribution in [-0.4, -0.2) is 26.1 Å². The van der Waals surface area contributed by atoms with Crippen molar-refractivity contribution >= 4 is 18.1 Å². The van der Waals surface area contributed by atoms with Crippen molar-refractivity contribution in [1.29, 1.82) is 0 Å².